The summed E-state index contributed by atoms with van der Waals surface area (Å²) in [5.74, 6) is 0.111. The maximum absolute atomic E-state index is 11.8. The summed E-state index contributed by atoms with van der Waals surface area (Å²) in [6, 6.07) is 0.101. The quantitative estimate of drug-likeness (QED) is 0.747. The summed E-state index contributed by atoms with van der Waals surface area (Å²) in [5, 5.41) is 0. The number of likely N-dealkylation sites (N-methyl/N-ethyl adjacent to an activating group) is 1. The molecule has 0 saturated heterocycles. The van der Waals surface area contributed by atoms with Gasteiger partial charge in [0.05, 0.1) is 6.04 Å². The molecular weight excluding hydrogens is 176 g/mol. The Morgan fingerprint density at radius 2 is 2.00 bits per heavy atom. The fraction of sp³-hybridized carbons (Fsp3) is 0.909. The molecule has 1 amide bonds. The molecule has 1 unspecified atom stereocenters. The van der Waals surface area contributed by atoms with Crippen molar-refractivity contribution in [3.05, 3.63) is 0 Å². The Hall–Kier alpha value is -0.570. The number of hydrogen-bond donors (Lipinski definition) is 1. The first-order valence-corrected chi connectivity index (χ1v) is 5.73. The van der Waals surface area contributed by atoms with Crippen molar-refractivity contribution in [1.29, 1.82) is 0 Å². The topological polar surface area (TPSA) is 46.3 Å². The first-order valence-electron chi connectivity index (χ1n) is 5.73. The van der Waals surface area contributed by atoms with Crippen molar-refractivity contribution in [2.75, 3.05) is 6.54 Å². The van der Waals surface area contributed by atoms with E-state index in [1.54, 1.807) is 6.92 Å². The summed E-state index contributed by atoms with van der Waals surface area (Å²) in [7, 11) is 0. The molecule has 0 aromatic rings. The van der Waals surface area contributed by atoms with Crippen LogP contribution >= 0.6 is 0 Å². The minimum absolute atomic E-state index is 0.111. The lowest BCUT2D eigenvalue weighted by Crippen LogP contribution is -2.48. The molecule has 1 rings (SSSR count). The molecule has 1 fully saturated rings. The standard InChI is InChI=1S/C11H22N2O/c1-3-13(11(14)9(2)12)10-7-5-4-6-8-10/h9-10H,3-8,12H2,1-2H3. The van der Waals surface area contributed by atoms with E-state index >= 15 is 0 Å². The largest absolute Gasteiger partial charge is 0.339 e. The number of amides is 1. The Morgan fingerprint density at radius 3 is 2.43 bits per heavy atom. The average molecular weight is 198 g/mol. The Morgan fingerprint density at radius 1 is 1.43 bits per heavy atom. The molecule has 0 spiro atoms. The molecule has 0 aliphatic heterocycles. The third kappa shape index (κ3) is 2.71. The zero-order valence-corrected chi connectivity index (χ0v) is 9.33. The number of carbonyl (C=O) groups excluding carboxylic acids is 1. The molecule has 2 N–H and O–H groups in total. The van der Waals surface area contributed by atoms with Gasteiger partial charge in [0.15, 0.2) is 0 Å². The molecule has 0 heterocycles. The van der Waals surface area contributed by atoms with Gasteiger partial charge in [0.25, 0.3) is 0 Å². The molecule has 1 aliphatic carbocycles. The van der Waals surface area contributed by atoms with Crippen LogP contribution in [0, 0.1) is 0 Å². The first kappa shape index (κ1) is 11.5. The van der Waals surface area contributed by atoms with Crippen LogP contribution in [0.1, 0.15) is 46.0 Å². The Balaban J connectivity index is 2.55. The minimum atomic E-state index is -0.350. The maximum Gasteiger partial charge on any atom is 0.239 e. The summed E-state index contributed by atoms with van der Waals surface area (Å²) in [6.45, 7) is 4.60. The zero-order valence-electron chi connectivity index (χ0n) is 9.33. The average Bonchev–Trinajstić information content (AvgIpc) is 2.20. The van der Waals surface area contributed by atoms with Gasteiger partial charge in [-0.2, -0.15) is 0 Å². The number of nitrogens with two attached hydrogens (primary N) is 1. The van der Waals surface area contributed by atoms with E-state index in [2.05, 4.69) is 0 Å². The number of hydrogen-bond acceptors (Lipinski definition) is 2. The van der Waals surface area contributed by atoms with E-state index in [1.807, 2.05) is 11.8 Å². The monoisotopic (exact) mass is 198 g/mol. The van der Waals surface area contributed by atoms with Crippen molar-refractivity contribution in [3.63, 3.8) is 0 Å². The third-order valence-electron chi connectivity index (χ3n) is 3.03. The summed E-state index contributed by atoms with van der Waals surface area (Å²) in [5.41, 5.74) is 5.63. The van der Waals surface area contributed by atoms with E-state index in [0.717, 1.165) is 19.4 Å². The third-order valence-corrected chi connectivity index (χ3v) is 3.03. The fourth-order valence-corrected chi connectivity index (χ4v) is 2.25. The van der Waals surface area contributed by atoms with Crippen LogP contribution in [0.3, 0.4) is 0 Å². The van der Waals surface area contributed by atoms with Crippen LogP contribution in [0.15, 0.2) is 0 Å². The van der Waals surface area contributed by atoms with Crippen molar-refractivity contribution in [2.24, 2.45) is 5.73 Å². The van der Waals surface area contributed by atoms with Gasteiger partial charge in [0.2, 0.25) is 5.91 Å². The molecule has 0 radical (unpaired) electrons. The van der Waals surface area contributed by atoms with Gasteiger partial charge in [-0.25, -0.2) is 0 Å². The van der Waals surface area contributed by atoms with E-state index in [0.29, 0.717) is 6.04 Å². The van der Waals surface area contributed by atoms with Crippen LogP contribution in [-0.4, -0.2) is 29.4 Å². The molecule has 3 heteroatoms. The predicted molar refractivity (Wildman–Crippen MR) is 57.9 cm³/mol. The maximum atomic E-state index is 11.8. The van der Waals surface area contributed by atoms with E-state index in [9.17, 15) is 4.79 Å². The molecule has 82 valence electrons. The molecule has 0 bridgehead atoms. The number of carbonyl (C=O) groups is 1. The molecule has 3 nitrogen and oxygen atoms in total. The number of nitrogens with zero attached hydrogens (tertiary/aromatic N) is 1. The lowest BCUT2D eigenvalue weighted by Gasteiger charge is -2.34. The van der Waals surface area contributed by atoms with Gasteiger partial charge in [0.1, 0.15) is 0 Å². The first-order chi connectivity index (χ1) is 6.66. The number of rotatable bonds is 3. The Labute approximate surface area is 86.6 Å². The normalized spacial score (nSPS) is 20.5. The second kappa shape index (κ2) is 5.35. The zero-order chi connectivity index (χ0) is 10.6. The van der Waals surface area contributed by atoms with Crippen LogP contribution in [0.2, 0.25) is 0 Å². The summed E-state index contributed by atoms with van der Waals surface area (Å²) in [4.78, 5) is 13.7. The van der Waals surface area contributed by atoms with Crippen molar-refractivity contribution >= 4 is 5.91 Å². The Bertz CT molecular complexity index is 186. The summed E-state index contributed by atoms with van der Waals surface area (Å²) >= 11 is 0. The lowest BCUT2D eigenvalue weighted by molar-refractivity contribution is -0.134. The molecule has 0 aromatic carbocycles. The van der Waals surface area contributed by atoms with Gasteiger partial charge < -0.3 is 10.6 Å². The molecule has 14 heavy (non-hydrogen) atoms. The van der Waals surface area contributed by atoms with E-state index < -0.39 is 0 Å². The van der Waals surface area contributed by atoms with Crippen molar-refractivity contribution in [1.82, 2.24) is 4.90 Å². The highest BCUT2D eigenvalue weighted by Gasteiger charge is 2.25. The summed E-state index contributed by atoms with van der Waals surface area (Å²) in [6.07, 6.45) is 6.15. The van der Waals surface area contributed by atoms with Gasteiger partial charge in [-0.1, -0.05) is 19.3 Å². The van der Waals surface area contributed by atoms with E-state index in [4.69, 9.17) is 5.73 Å². The van der Waals surface area contributed by atoms with Crippen LogP contribution in [-0.2, 0) is 4.79 Å². The highest BCUT2D eigenvalue weighted by atomic mass is 16.2. The van der Waals surface area contributed by atoms with E-state index in [1.165, 1.54) is 19.3 Å². The van der Waals surface area contributed by atoms with Crippen LogP contribution in [0.25, 0.3) is 0 Å². The smallest absolute Gasteiger partial charge is 0.239 e. The van der Waals surface area contributed by atoms with Crippen LogP contribution < -0.4 is 5.73 Å². The lowest BCUT2D eigenvalue weighted by atomic mass is 9.94. The van der Waals surface area contributed by atoms with E-state index in [-0.39, 0.29) is 11.9 Å². The van der Waals surface area contributed by atoms with Crippen molar-refractivity contribution in [2.45, 2.75) is 58.0 Å². The van der Waals surface area contributed by atoms with Gasteiger partial charge in [-0.05, 0) is 26.7 Å². The fourth-order valence-electron chi connectivity index (χ4n) is 2.25. The highest BCUT2D eigenvalue weighted by Crippen LogP contribution is 2.22. The van der Waals surface area contributed by atoms with Gasteiger partial charge >= 0.3 is 0 Å². The van der Waals surface area contributed by atoms with Crippen LogP contribution in [0.4, 0.5) is 0 Å². The second-order valence-electron chi connectivity index (χ2n) is 4.20. The van der Waals surface area contributed by atoms with Crippen molar-refractivity contribution in [3.8, 4) is 0 Å². The Kier molecular flexibility index (Phi) is 4.39. The molecule has 1 atom stereocenters. The minimum Gasteiger partial charge on any atom is -0.339 e. The second-order valence-corrected chi connectivity index (χ2v) is 4.20. The predicted octanol–water partition coefficient (Wildman–Crippen LogP) is 1.51. The molecular formula is C11H22N2O. The van der Waals surface area contributed by atoms with Crippen LogP contribution in [0.5, 0.6) is 0 Å². The highest BCUT2D eigenvalue weighted by molar-refractivity contribution is 5.81. The molecule has 0 aromatic heterocycles. The molecule has 1 aliphatic rings. The SMILES string of the molecule is CCN(C(=O)C(C)N)C1CCCCC1. The van der Waals surface area contributed by atoms with Gasteiger partial charge in [-0.15, -0.1) is 0 Å². The van der Waals surface area contributed by atoms with Gasteiger partial charge in [-0.3, -0.25) is 4.79 Å². The van der Waals surface area contributed by atoms with Gasteiger partial charge in [0, 0.05) is 12.6 Å². The van der Waals surface area contributed by atoms with Crippen molar-refractivity contribution < 1.29 is 4.79 Å². The summed E-state index contributed by atoms with van der Waals surface area (Å²) < 4.78 is 0. The molecule has 1 saturated carbocycles.